The van der Waals surface area contributed by atoms with Gasteiger partial charge in [0.05, 0.1) is 62.9 Å². The maximum atomic E-state index is 15.4. The van der Waals surface area contributed by atoms with Crippen LogP contribution in [0.15, 0.2) is 189 Å². The molecule has 31 heteroatoms. The summed E-state index contributed by atoms with van der Waals surface area (Å²) in [5, 5.41) is 9.44. The minimum absolute atomic E-state index is 0.000361. The van der Waals surface area contributed by atoms with Gasteiger partial charge in [0.25, 0.3) is 0 Å². The number of carbonyl (C=O) groups is 7. The molecule has 126 heavy (non-hydrogen) atoms. The van der Waals surface area contributed by atoms with Crippen LogP contribution in [-0.4, -0.2) is 172 Å². The van der Waals surface area contributed by atoms with E-state index in [1.54, 1.807) is 94.8 Å². The third-order valence-corrected chi connectivity index (χ3v) is 28.5. The second kappa shape index (κ2) is 39.2. The summed E-state index contributed by atoms with van der Waals surface area (Å²) in [6.07, 6.45) is 5.28. The molecule has 0 radical (unpaired) electrons. The zero-order chi connectivity index (χ0) is 90.0. The number of alkyl carbamates (subject to hydrolysis) is 2. The van der Waals surface area contributed by atoms with Crippen molar-refractivity contribution in [3.8, 4) is 62.8 Å². The number of esters is 1. The first-order chi connectivity index (χ1) is 60.2. The number of methoxy groups -OCH3 is 2. The van der Waals surface area contributed by atoms with Crippen molar-refractivity contribution in [1.82, 2.24) is 41.0 Å². The molecule has 14 rings (SSSR count). The maximum absolute atomic E-state index is 15.4. The number of para-hydroxylation sites is 3. The van der Waals surface area contributed by atoms with E-state index in [9.17, 15) is 33.4 Å². The second-order valence-electron chi connectivity index (χ2n) is 34.8. The normalized spacial score (nSPS) is 22.6. The van der Waals surface area contributed by atoms with Gasteiger partial charge in [0.15, 0.2) is 28.2 Å². The highest BCUT2D eigenvalue weighted by Gasteiger charge is 2.71. The third-order valence-electron chi connectivity index (χ3n) is 23.7. The molecule has 2 aliphatic heterocycles. The standard InChI is InChI=1S/C49H59N4O11P.C46H55N4O10P/c1-8-33-29-49(33,65(58,63-31(3)46(56)60-9-2)64-35-22-14-11-15-23-35)52-44(54)41-27-37(30-53(41)45(55)43(48(4,5)6)51-47(57)62-34-20-16-17-21-34)61-42-28-39(32-18-12-10-13-19-32)50-40-26-36(59-7)24-25-38(40)42;1-7-30-27-46(30,61(54,55)60-39-21-15-14-20-38(39)57-8-2)49-42(51)37-25-33(28-50(37)43(52)41(45(3,4)5)48-44(53)59-31-18-12-13-19-31)58-40-26-35(29-16-10-9-11-17-29)47-36-24-32(56-6)22-23-34(36)40/h8,10-15,18-19,22-26,28,31,33-34,37,41,43H,1,9,16-17,20-21,27,29-30H2,2-7H3,(H,51,57)(H,52,54);7,9-11,14-17,20-24,26,30-31,33,37,41H,1,8,12-13,18-19,25,27-28H2,2-6H3,(H,48,53)(H,49,51)(H,54,55)/t31-,33-,37-,41+,43-,49+,65?;30-,33-,37+,41-,46+/m11/s1. The fourth-order valence-corrected chi connectivity index (χ4v) is 21.0. The van der Waals surface area contributed by atoms with Gasteiger partial charge in [0.2, 0.25) is 23.6 Å². The van der Waals surface area contributed by atoms with Crippen LogP contribution in [0, 0.1) is 22.7 Å². The van der Waals surface area contributed by atoms with Crippen molar-refractivity contribution in [2.75, 3.05) is 40.5 Å². The number of ether oxygens (including phenoxy) is 8. The molecule has 13 atom stereocenters. The summed E-state index contributed by atoms with van der Waals surface area (Å²) in [4.78, 5) is 124. The predicted octanol–water partition coefficient (Wildman–Crippen LogP) is 16.6. The van der Waals surface area contributed by atoms with Gasteiger partial charge in [-0.15, -0.1) is 13.2 Å². The van der Waals surface area contributed by atoms with Crippen molar-refractivity contribution in [2.45, 2.75) is 205 Å². The fourth-order valence-electron chi connectivity index (χ4n) is 16.8. The summed E-state index contributed by atoms with van der Waals surface area (Å²) in [5.74, 6) is -1.77. The predicted molar refractivity (Wildman–Crippen MR) is 475 cm³/mol. The van der Waals surface area contributed by atoms with E-state index in [1.165, 1.54) is 28.9 Å². The van der Waals surface area contributed by atoms with Crippen LogP contribution >= 0.6 is 15.2 Å². The van der Waals surface area contributed by atoms with E-state index in [1.807, 2.05) is 139 Å². The smallest absolute Gasteiger partial charge is 0.408 e. The molecule has 0 spiro atoms. The molecule has 2 aromatic heterocycles. The number of rotatable bonds is 32. The zero-order valence-corrected chi connectivity index (χ0v) is 74.9. The number of likely N-dealkylation sites (tertiary alicyclic amines) is 2. The Balaban J connectivity index is 0.000000216. The Kier molecular flexibility index (Phi) is 28.6. The van der Waals surface area contributed by atoms with Gasteiger partial charge >= 0.3 is 33.3 Å². The molecule has 4 aliphatic carbocycles. The Labute approximate surface area is 734 Å². The van der Waals surface area contributed by atoms with Crippen molar-refractivity contribution in [3.05, 3.63) is 189 Å². The van der Waals surface area contributed by atoms with Gasteiger partial charge in [-0.3, -0.25) is 23.7 Å². The molecule has 670 valence electrons. The largest absolute Gasteiger partial charge is 0.497 e. The molecule has 6 amide bonds. The van der Waals surface area contributed by atoms with E-state index in [0.29, 0.717) is 62.8 Å². The van der Waals surface area contributed by atoms with Gasteiger partial charge in [0.1, 0.15) is 77.3 Å². The number of hydrogen-bond acceptors (Lipinski definition) is 22. The van der Waals surface area contributed by atoms with Gasteiger partial charge < -0.3 is 82.9 Å². The average Bonchev–Trinajstić information content (AvgIpc) is 1.57. The first kappa shape index (κ1) is 92.2. The highest BCUT2D eigenvalue weighted by molar-refractivity contribution is 7.56. The van der Waals surface area contributed by atoms with Crippen LogP contribution in [0.5, 0.6) is 40.2 Å². The van der Waals surface area contributed by atoms with E-state index >= 15 is 14.2 Å². The minimum atomic E-state index is -4.69. The third kappa shape index (κ3) is 20.9. The van der Waals surface area contributed by atoms with E-state index < -0.39 is 133 Å². The number of hydrogen-bond donors (Lipinski definition) is 5. The summed E-state index contributed by atoms with van der Waals surface area (Å²) in [7, 11) is -6.07. The summed E-state index contributed by atoms with van der Waals surface area (Å²) in [6, 6.07) is 44.0. The lowest BCUT2D eigenvalue weighted by Crippen LogP contribution is -2.58. The van der Waals surface area contributed by atoms with Crippen molar-refractivity contribution in [2.24, 2.45) is 22.7 Å². The second-order valence-corrected chi connectivity index (χ2v) is 39.0. The average molecular weight is 1770 g/mol. The van der Waals surface area contributed by atoms with Crippen molar-refractivity contribution in [1.29, 1.82) is 0 Å². The maximum Gasteiger partial charge on any atom is 0.408 e. The highest BCUT2D eigenvalue weighted by Crippen LogP contribution is 2.73. The number of carbonyl (C=O) groups excluding carboxylic acids is 7. The lowest BCUT2D eigenvalue weighted by atomic mass is 9.85. The van der Waals surface area contributed by atoms with E-state index in [0.717, 1.165) is 62.5 Å². The molecular formula is C95H114N8O21P2. The monoisotopic (exact) mass is 1760 g/mol. The summed E-state index contributed by atoms with van der Waals surface area (Å²) >= 11 is 0. The van der Waals surface area contributed by atoms with Gasteiger partial charge in [-0.2, -0.15) is 0 Å². The number of nitrogens with zero attached hydrogens (tertiary/aromatic N) is 4. The molecule has 8 aromatic rings. The first-order valence-electron chi connectivity index (χ1n) is 43.0. The lowest BCUT2D eigenvalue weighted by Gasteiger charge is -2.36. The first-order valence-corrected chi connectivity index (χ1v) is 46.2. The van der Waals surface area contributed by atoms with E-state index in [4.69, 9.17) is 61.4 Å². The molecule has 2 saturated heterocycles. The van der Waals surface area contributed by atoms with Crippen LogP contribution in [-0.2, 0) is 51.8 Å². The van der Waals surface area contributed by atoms with Gasteiger partial charge in [-0.1, -0.05) is 145 Å². The summed E-state index contributed by atoms with van der Waals surface area (Å²) in [5.41, 5.74) is 2.55. The Bertz CT molecular complexity index is 5390. The van der Waals surface area contributed by atoms with Gasteiger partial charge in [-0.05, 0) is 144 Å². The van der Waals surface area contributed by atoms with Gasteiger partial charge in [-0.25, -0.2) is 33.5 Å². The van der Waals surface area contributed by atoms with Crippen molar-refractivity contribution < 1.29 is 99.1 Å². The Hall–Kier alpha value is -11.5. The fraction of sp³-hybridized carbons (Fsp3) is 0.442. The molecule has 5 N–H and O–H groups in total. The molecule has 29 nitrogen and oxygen atoms in total. The Morgan fingerprint density at radius 2 is 0.952 bits per heavy atom. The molecule has 6 aromatic carbocycles. The van der Waals surface area contributed by atoms with Crippen LogP contribution in [0.2, 0.25) is 0 Å². The Morgan fingerprint density at radius 1 is 0.532 bits per heavy atom. The number of nitrogens with one attached hydrogen (secondary N) is 4. The molecular weight excluding hydrogens is 1650 g/mol. The van der Waals surface area contributed by atoms with Crippen LogP contribution in [0.4, 0.5) is 9.59 Å². The summed E-state index contributed by atoms with van der Waals surface area (Å²) < 4.78 is 94.6. The Morgan fingerprint density at radius 3 is 1.37 bits per heavy atom. The topological polar surface area (TPSA) is 356 Å². The quantitative estimate of drug-likeness (QED) is 0.0113. The molecule has 6 fully saturated rings. The van der Waals surface area contributed by atoms with Gasteiger partial charge in [0, 0.05) is 70.8 Å². The highest BCUT2D eigenvalue weighted by atomic mass is 31.2. The van der Waals surface area contributed by atoms with E-state index in [2.05, 4.69) is 34.4 Å². The van der Waals surface area contributed by atoms with Crippen LogP contribution in [0.25, 0.3) is 44.3 Å². The minimum Gasteiger partial charge on any atom is -0.497 e. The molecule has 4 saturated carbocycles. The number of amides is 6. The zero-order valence-electron chi connectivity index (χ0n) is 73.1. The SMILES string of the molecule is C=C[C@@H]1C[C@]1(NC(=O)[C@@H]1C[C@@H](Oc2cc(-c3ccccc3)nc3cc(OC)ccc23)CN1C(=O)[C@@H](NC(=O)OC1CCCC1)C(C)(C)C)P(=O)(O)Oc1ccccc1OCC.C=C[C@@H]1C[C@]1(NC(=O)[C@@H]1C[C@@H](Oc2cc(-c3ccccc3)nc3cc(OC)ccc23)CN1C(=O)[C@@H](NC(=O)OC1CCCC1)C(C)(C)C)P(=O)(Oc1ccccc1)O[C@H](C)C(=O)OCC. The van der Waals surface area contributed by atoms with Crippen LogP contribution in [0.3, 0.4) is 0 Å². The molecule has 2 unspecified atom stereocenters. The number of benzene rings is 6. The summed E-state index contributed by atoms with van der Waals surface area (Å²) in [6.45, 7) is 23.8. The molecule has 0 bridgehead atoms. The molecule has 6 aliphatic rings. The molecule has 4 heterocycles. The lowest BCUT2D eigenvalue weighted by molar-refractivity contribution is -0.151. The van der Waals surface area contributed by atoms with Crippen molar-refractivity contribution in [3.63, 3.8) is 0 Å². The number of fused-ring (bicyclic) bond motifs is 2. The number of pyridine rings is 2. The van der Waals surface area contributed by atoms with Crippen LogP contribution < -0.4 is 54.0 Å². The van der Waals surface area contributed by atoms with E-state index in [-0.39, 0.29) is 74.8 Å². The number of aromatic nitrogens is 2. The van der Waals surface area contributed by atoms with Crippen LogP contribution in [0.1, 0.15) is 139 Å². The van der Waals surface area contributed by atoms with Crippen molar-refractivity contribution >= 4 is 78.8 Å².